The predicted octanol–water partition coefficient (Wildman–Crippen LogP) is 1.27. The molecule has 0 amide bonds. The summed E-state index contributed by atoms with van der Waals surface area (Å²) in [6, 6.07) is 4.75. The van der Waals surface area contributed by atoms with E-state index in [-0.39, 0.29) is 6.04 Å². The van der Waals surface area contributed by atoms with Crippen molar-refractivity contribution in [1.29, 1.82) is 0 Å². The molecule has 6 nitrogen and oxygen atoms in total. The third-order valence-electron chi connectivity index (χ3n) is 4.29. The van der Waals surface area contributed by atoms with Gasteiger partial charge < -0.3 is 19.4 Å². The number of rotatable bonds is 3. The van der Waals surface area contributed by atoms with Gasteiger partial charge in [-0.3, -0.25) is 0 Å². The molecule has 4 rings (SSSR count). The minimum absolute atomic E-state index is 0.261. The van der Waals surface area contributed by atoms with E-state index in [9.17, 15) is 0 Å². The third kappa shape index (κ3) is 2.54. The van der Waals surface area contributed by atoms with Crippen molar-refractivity contribution >= 4 is 11.2 Å². The molecular weight excluding hydrogens is 268 g/mol. The first-order valence-corrected chi connectivity index (χ1v) is 7.62. The van der Waals surface area contributed by atoms with Crippen molar-refractivity contribution in [2.45, 2.75) is 31.5 Å². The van der Waals surface area contributed by atoms with Crippen LogP contribution in [-0.4, -0.2) is 46.9 Å². The molecule has 0 unspecified atom stereocenters. The van der Waals surface area contributed by atoms with Crippen molar-refractivity contribution in [3.63, 3.8) is 0 Å². The van der Waals surface area contributed by atoms with E-state index in [1.807, 2.05) is 18.3 Å². The molecular formula is C15H20N4O2. The zero-order chi connectivity index (χ0) is 14.1. The second-order valence-electron chi connectivity index (χ2n) is 5.71. The highest BCUT2D eigenvalue weighted by Gasteiger charge is 2.25. The van der Waals surface area contributed by atoms with Gasteiger partial charge in [-0.1, -0.05) is 0 Å². The molecule has 0 radical (unpaired) electrons. The molecule has 1 atom stereocenters. The Balaban J connectivity index is 1.55. The maximum Gasteiger partial charge on any atom is 0.160 e. The van der Waals surface area contributed by atoms with Gasteiger partial charge in [-0.25, -0.2) is 9.97 Å². The Kier molecular flexibility index (Phi) is 3.58. The molecule has 2 aliphatic heterocycles. The lowest BCUT2D eigenvalue weighted by molar-refractivity contribution is 0.0489. The molecule has 0 aliphatic carbocycles. The van der Waals surface area contributed by atoms with Gasteiger partial charge in [-0.2, -0.15) is 0 Å². The summed E-state index contributed by atoms with van der Waals surface area (Å²) >= 11 is 0. The van der Waals surface area contributed by atoms with Crippen LogP contribution < -0.4 is 5.32 Å². The van der Waals surface area contributed by atoms with Crippen LogP contribution in [0.25, 0.3) is 11.2 Å². The molecule has 2 aromatic rings. The number of nitrogens with zero attached hydrogens (tertiary/aromatic N) is 3. The number of hydrogen-bond acceptors (Lipinski definition) is 5. The quantitative estimate of drug-likeness (QED) is 0.921. The number of fused-ring (bicyclic) bond motifs is 3. The van der Waals surface area contributed by atoms with Crippen LogP contribution in [0, 0.1) is 0 Å². The second kappa shape index (κ2) is 5.71. The summed E-state index contributed by atoms with van der Waals surface area (Å²) < 4.78 is 13.3. The van der Waals surface area contributed by atoms with E-state index in [1.54, 1.807) is 0 Å². The predicted molar refractivity (Wildman–Crippen MR) is 78.1 cm³/mol. The lowest BCUT2D eigenvalue weighted by Crippen LogP contribution is -2.40. The van der Waals surface area contributed by atoms with E-state index in [1.165, 1.54) is 0 Å². The molecule has 2 aromatic heterocycles. The first kappa shape index (κ1) is 13.2. The molecule has 1 fully saturated rings. The van der Waals surface area contributed by atoms with Crippen LogP contribution in [0.3, 0.4) is 0 Å². The molecule has 0 saturated carbocycles. The fourth-order valence-corrected chi connectivity index (χ4v) is 3.18. The van der Waals surface area contributed by atoms with Crippen molar-refractivity contribution in [1.82, 2.24) is 19.9 Å². The number of hydrogen-bond donors (Lipinski definition) is 1. The number of aromatic nitrogens is 3. The summed E-state index contributed by atoms with van der Waals surface area (Å²) in [4.78, 5) is 9.12. The fourth-order valence-electron chi connectivity index (χ4n) is 3.18. The summed E-state index contributed by atoms with van der Waals surface area (Å²) in [5.41, 5.74) is 1.92. The Morgan fingerprint density at radius 2 is 2.19 bits per heavy atom. The zero-order valence-electron chi connectivity index (χ0n) is 12.0. The highest BCUT2D eigenvalue weighted by atomic mass is 16.5. The molecule has 0 aromatic carbocycles. The van der Waals surface area contributed by atoms with Crippen LogP contribution in [0.15, 0.2) is 18.3 Å². The summed E-state index contributed by atoms with van der Waals surface area (Å²) in [7, 11) is 0. The number of pyridine rings is 1. The molecule has 0 spiro atoms. The highest BCUT2D eigenvalue weighted by molar-refractivity contribution is 5.71. The van der Waals surface area contributed by atoms with E-state index in [2.05, 4.69) is 19.9 Å². The average molecular weight is 288 g/mol. The average Bonchev–Trinajstić information content (AvgIpc) is 2.93. The maximum absolute atomic E-state index is 5.70. The van der Waals surface area contributed by atoms with E-state index in [0.717, 1.165) is 49.6 Å². The SMILES string of the molecule is c1cnc2c(c1)nc1n2[C@@H](CNC2CCOCC2)COC1. The van der Waals surface area contributed by atoms with Crippen LogP contribution in [0.5, 0.6) is 0 Å². The van der Waals surface area contributed by atoms with Gasteiger partial charge in [-0.05, 0) is 25.0 Å². The molecule has 2 aliphatic rings. The Hall–Kier alpha value is -1.50. The molecule has 4 heterocycles. The Morgan fingerprint density at radius 3 is 3.10 bits per heavy atom. The maximum atomic E-state index is 5.70. The smallest absolute Gasteiger partial charge is 0.160 e. The van der Waals surface area contributed by atoms with E-state index in [0.29, 0.717) is 19.3 Å². The number of nitrogens with one attached hydrogen (secondary N) is 1. The standard InChI is InChI=1S/C15H20N4O2/c1-2-13-15(16-5-1)19-12(9-21-10-14(19)18-13)8-17-11-3-6-20-7-4-11/h1-2,5,11-12,17H,3-4,6-10H2/t12-/m0/s1. The lowest BCUT2D eigenvalue weighted by atomic mass is 10.1. The topological polar surface area (TPSA) is 61.2 Å². The van der Waals surface area contributed by atoms with Gasteiger partial charge in [0.2, 0.25) is 0 Å². The van der Waals surface area contributed by atoms with Crippen LogP contribution in [0.1, 0.15) is 24.7 Å². The van der Waals surface area contributed by atoms with Crippen molar-refractivity contribution in [2.75, 3.05) is 26.4 Å². The van der Waals surface area contributed by atoms with Crippen LogP contribution in [0.4, 0.5) is 0 Å². The molecule has 1 saturated heterocycles. The van der Waals surface area contributed by atoms with Gasteiger partial charge in [0.15, 0.2) is 5.65 Å². The number of imidazole rings is 1. The van der Waals surface area contributed by atoms with E-state index >= 15 is 0 Å². The molecule has 21 heavy (non-hydrogen) atoms. The van der Waals surface area contributed by atoms with Crippen LogP contribution in [0.2, 0.25) is 0 Å². The van der Waals surface area contributed by atoms with Crippen LogP contribution in [-0.2, 0) is 16.1 Å². The fraction of sp³-hybridized carbons (Fsp3) is 0.600. The summed E-state index contributed by atoms with van der Waals surface area (Å²) in [5.74, 6) is 0.980. The first-order chi connectivity index (χ1) is 10.4. The lowest BCUT2D eigenvalue weighted by Gasteiger charge is -2.29. The van der Waals surface area contributed by atoms with Gasteiger partial charge in [-0.15, -0.1) is 0 Å². The number of ether oxygens (including phenoxy) is 2. The monoisotopic (exact) mass is 288 g/mol. The molecule has 0 bridgehead atoms. The molecule has 112 valence electrons. The van der Waals surface area contributed by atoms with Gasteiger partial charge in [0, 0.05) is 32.0 Å². The normalized spacial score (nSPS) is 23.3. The van der Waals surface area contributed by atoms with Gasteiger partial charge in [0.1, 0.15) is 17.9 Å². The second-order valence-corrected chi connectivity index (χ2v) is 5.71. The Labute approximate surface area is 123 Å². The summed E-state index contributed by atoms with van der Waals surface area (Å²) in [6.45, 7) is 3.90. The van der Waals surface area contributed by atoms with Crippen molar-refractivity contribution in [3.8, 4) is 0 Å². The van der Waals surface area contributed by atoms with Crippen molar-refractivity contribution in [3.05, 3.63) is 24.2 Å². The summed E-state index contributed by atoms with van der Waals surface area (Å²) in [5, 5.41) is 3.65. The minimum Gasteiger partial charge on any atom is -0.381 e. The van der Waals surface area contributed by atoms with Crippen molar-refractivity contribution in [2.24, 2.45) is 0 Å². The van der Waals surface area contributed by atoms with E-state index in [4.69, 9.17) is 9.47 Å². The van der Waals surface area contributed by atoms with Gasteiger partial charge >= 0.3 is 0 Å². The molecule has 1 N–H and O–H groups in total. The van der Waals surface area contributed by atoms with Crippen LogP contribution >= 0.6 is 0 Å². The highest BCUT2D eigenvalue weighted by Crippen LogP contribution is 2.24. The Morgan fingerprint density at radius 1 is 1.29 bits per heavy atom. The van der Waals surface area contributed by atoms with E-state index < -0.39 is 0 Å². The largest absolute Gasteiger partial charge is 0.381 e. The van der Waals surface area contributed by atoms with Crippen molar-refractivity contribution < 1.29 is 9.47 Å². The third-order valence-corrected chi connectivity index (χ3v) is 4.29. The Bertz CT molecular complexity index is 621. The first-order valence-electron chi connectivity index (χ1n) is 7.62. The zero-order valence-corrected chi connectivity index (χ0v) is 12.0. The minimum atomic E-state index is 0.261. The van der Waals surface area contributed by atoms with Gasteiger partial charge in [0.25, 0.3) is 0 Å². The molecule has 6 heteroatoms. The summed E-state index contributed by atoms with van der Waals surface area (Å²) in [6.07, 6.45) is 4.00. The van der Waals surface area contributed by atoms with Gasteiger partial charge in [0.05, 0.1) is 12.6 Å².